The summed E-state index contributed by atoms with van der Waals surface area (Å²) in [7, 11) is 0. The molecule has 1 aliphatic heterocycles. The molecule has 1 saturated heterocycles. The first kappa shape index (κ1) is 10.6. The van der Waals surface area contributed by atoms with Gasteiger partial charge < -0.3 is 0 Å². The Morgan fingerprint density at radius 2 is 2.23 bits per heavy atom. The van der Waals surface area contributed by atoms with Gasteiger partial charge in [0.25, 0.3) is 5.92 Å². The first-order valence-electron chi connectivity index (χ1n) is 4.59. The van der Waals surface area contributed by atoms with Crippen LogP contribution in [0, 0.1) is 0 Å². The monoisotopic (exact) mass is 191 g/mol. The van der Waals surface area contributed by atoms with Crippen molar-refractivity contribution >= 4 is 5.78 Å². The van der Waals surface area contributed by atoms with Gasteiger partial charge in [-0.2, -0.15) is 0 Å². The molecular weight excluding hydrogens is 176 g/mol. The van der Waals surface area contributed by atoms with E-state index in [-0.39, 0.29) is 18.7 Å². The van der Waals surface area contributed by atoms with Crippen LogP contribution in [-0.2, 0) is 4.79 Å². The maximum absolute atomic E-state index is 12.9. The smallest absolute Gasteiger partial charge is 0.260 e. The fourth-order valence-electron chi connectivity index (χ4n) is 1.55. The Balaban J connectivity index is 2.30. The molecule has 1 fully saturated rings. The Kier molecular flexibility index (Phi) is 3.36. The quantitative estimate of drug-likeness (QED) is 0.676. The summed E-state index contributed by atoms with van der Waals surface area (Å²) < 4.78 is 25.7. The highest BCUT2D eigenvalue weighted by molar-refractivity contribution is 5.75. The fraction of sp³-hybridized carbons (Fsp3) is 0.889. The Bertz CT molecular complexity index is 194. The number of Topliss-reactive ketones (excluding diaryl/α,β-unsaturated/α-hetero) is 1. The molecule has 0 radical (unpaired) electrons. The summed E-state index contributed by atoms with van der Waals surface area (Å²) in [6.07, 6.45) is 0.907. The van der Waals surface area contributed by atoms with E-state index in [0.717, 1.165) is 0 Å². The molecule has 1 aliphatic rings. The van der Waals surface area contributed by atoms with Gasteiger partial charge in [0.05, 0.1) is 6.54 Å². The molecule has 76 valence electrons. The van der Waals surface area contributed by atoms with E-state index in [1.54, 1.807) is 4.90 Å². The van der Waals surface area contributed by atoms with Gasteiger partial charge in [-0.3, -0.25) is 9.69 Å². The van der Waals surface area contributed by atoms with Crippen LogP contribution >= 0.6 is 0 Å². The van der Waals surface area contributed by atoms with Crippen molar-refractivity contribution in [1.29, 1.82) is 0 Å². The second-order valence-electron chi connectivity index (χ2n) is 3.69. The van der Waals surface area contributed by atoms with Crippen molar-refractivity contribution in [3.63, 3.8) is 0 Å². The lowest BCUT2D eigenvalue weighted by Crippen LogP contribution is -2.43. The molecule has 0 aromatic rings. The van der Waals surface area contributed by atoms with Gasteiger partial charge in [0, 0.05) is 19.4 Å². The first-order valence-corrected chi connectivity index (χ1v) is 4.59. The number of hydrogen-bond donors (Lipinski definition) is 0. The number of alkyl halides is 2. The largest absolute Gasteiger partial charge is 0.300 e. The van der Waals surface area contributed by atoms with Crippen LogP contribution < -0.4 is 0 Å². The second-order valence-corrected chi connectivity index (χ2v) is 3.69. The maximum atomic E-state index is 12.9. The lowest BCUT2D eigenvalue weighted by Gasteiger charge is -2.32. The van der Waals surface area contributed by atoms with Crippen molar-refractivity contribution in [1.82, 2.24) is 4.90 Å². The summed E-state index contributed by atoms with van der Waals surface area (Å²) in [6.45, 7) is 2.48. The molecule has 0 aliphatic carbocycles. The van der Waals surface area contributed by atoms with Crippen LogP contribution in [0.1, 0.15) is 26.2 Å². The molecule has 0 unspecified atom stereocenters. The van der Waals surface area contributed by atoms with Gasteiger partial charge in [0.1, 0.15) is 5.78 Å². The third kappa shape index (κ3) is 3.81. The topological polar surface area (TPSA) is 20.3 Å². The highest BCUT2D eigenvalue weighted by atomic mass is 19.3. The molecule has 13 heavy (non-hydrogen) atoms. The molecule has 0 aromatic heterocycles. The standard InChI is InChI=1S/C9H15F2NO/c1-8(13)3-6-12-5-2-4-9(10,11)7-12/h2-7H2,1H3. The number of nitrogens with zero attached hydrogens (tertiary/aromatic N) is 1. The number of carbonyl (C=O) groups excluding carboxylic acids is 1. The molecule has 0 bridgehead atoms. The molecule has 4 heteroatoms. The number of hydrogen-bond acceptors (Lipinski definition) is 2. The minimum absolute atomic E-state index is 0.0103. The molecule has 0 atom stereocenters. The summed E-state index contributed by atoms with van der Waals surface area (Å²) in [4.78, 5) is 12.3. The van der Waals surface area contributed by atoms with Crippen molar-refractivity contribution in [2.45, 2.75) is 32.1 Å². The predicted molar refractivity (Wildman–Crippen MR) is 45.9 cm³/mol. The molecule has 0 saturated carbocycles. The van der Waals surface area contributed by atoms with Crippen molar-refractivity contribution in [3.8, 4) is 0 Å². The highest BCUT2D eigenvalue weighted by Gasteiger charge is 2.34. The van der Waals surface area contributed by atoms with Crippen LogP contribution in [0.3, 0.4) is 0 Å². The number of halogens is 2. The zero-order chi connectivity index (χ0) is 9.90. The van der Waals surface area contributed by atoms with Gasteiger partial charge in [-0.15, -0.1) is 0 Å². The Hall–Kier alpha value is -0.510. The van der Waals surface area contributed by atoms with E-state index in [2.05, 4.69) is 0 Å². The average molecular weight is 191 g/mol. The van der Waals surface area contributed by atoms with Gasteiger partial charge >= 0.3 is 0 Å². The molecular formula is C9H15F2NO. The Morgan fingerprint density at radius 3 is 2.77 bits per heavy atom. The van der Waals surface area contributed by atoms with E-state index in [0.29, 0.717) is 25.9 Å². The van der Waals surface area contributed by atoms with Crippen LogP contribution in [0.25, 0.3) is 0 Å². The summed E-state index contributed by atoms with van der Waals surface area (Å²) in [6, 6.07) is 0. The summed E-state index contributed by atoms with van der Waals surface area (Å²) >= 11 is 0. The van der Waals surface area contributed by atoms with Crippen molar-refractivity contribution in [2.75, 3.05) is 19.6 Å². The van der Waals surface area contributed by atoms with Crippen molar-refractivity contribution in [3.05, 3.63) is 0 Å². The normalized spacial score (nSPS) is 23.0. The molecule has 0 N–H and O–H groups in total. The minimum atomic E-state index is -2.55. The number of carbonyl (C=O) groups is 1. The molecule has 1 heterocycles. The van der Waals surface area contributed by atoms with Gasteiger partial charge in [-0.1, -0.05) is 0 Å². The summed E-state index contributed by atoms with van der Waals surface area (Å²) in [5, 5.41) is 0. The molecule has 0 amide bonds. The number of likely N-dealkylation sites (tertiary alicyclic amines) is 1. The SMILES string of the molecule is CC(=O)CCN1CCCC(F)(F)C1. The van der Waals surface area contributed by atoms with E-state index >= 15 is 0 Å². The van der Waals surface area contributed by atoms with Gasteiger partial charge in [-0.05, 0) is 19.9 Å². The number of piperidine rings is 1. The average Bonchev–Trinajstić information content (AvgIpc) is 1.99. The van der Waals surface area contributed by atoms with Gasteiger partial charge in [0.2, 0.25) is 0 Å². The van der Waals surface area contributed by atoms with Crippen molar-refractivity contribution < 1.29 is 13.6 Å². The van der Waals surface area contributed by atoms with E-state index in [1.165, 1.54) is 6.92 Å². The third-order valence-corrected chi connectivity index (χ3v) is 2.25. The first-order chi connectivity index (χ1) is 5.99. The van der Waals surface area contributed by atoms with Crippen LogP contribution in [-0.4, -0.2) is 36.2 Å². The van der Waals surface area contributed by atoms with Crippen LogP contribution in [0.4, 0.5) is 8.78 Å². The Labute approximate surface area is 76.9 Å². The summed E-state index contributed by atoms with van der Waals surface area (Å²) in [5.41, 5.74) is 0. The Morgan fingerprint density at radius 1 is 1.54 bits per heavy atom. The fourth-order valence-corrected chi connectivity index (χ4v) is 1.55. The van der Waals surface area contributed by atoms with Crippen LogP contribution in [0.15, 0.2) is 0 Å². The number of rotatable bonds is 3. The van der Waals surface area contributed by atoms with Crippen molar-refractivity contribution in [2.24, 2.45) is 0 Å². The van der Waals surface area contributed by atoms with E-state index in [1.807, 2.05) is 0 Å². The second kappa shape index (κ2) is 4.13. The maximum Gasteiger partial charge on any atom is 0.260 e. The van der Waals surface area contributed by atoms with E-state index in [9.17, 15) is 13.6 Å². The summed E-state index contributed by atoms with van der Waals surface area (Å²) in [5.74, 6) is -2.48. The predicted octanol–water partition coefficient (Wildman–Crippen LogP) is 1.70. The molecule has 0 spiro atoms. The lowest BCUT2D eigenvalue weighted by atomic mass is 10.1. The van der Waals surface area contributed by atoms with Gasteiger partial charge in [-0.25, -0.2) is 8.78 Å². The van der Waals surface area contributed by atoms with Crippen LogP contribution in [0.5, 0.6) is 0 Å². The van der Waals surface area contributed by atoms with E-state index in [4.69, 9.17) is 0 Å². The lowest BCUT2D eigenvalue weighted by molar-refractivity contribution is -0.118. The highest BCUT2D eigenvalue weighted by Crippen LogP contribution is 2.26. The zero-order valence-corrected chi connectivity index (χ0v) is 7.85. The molecule has 1 rings (SSSR count). The van der Waals surface area contributed by atoms with Crippen LogP contribution in [0.2, 0.25) is 0 Å². The van der Waals surface area contributed by atoms with Gasteiger partial charge in [0.15, 0.2) is 0 Å². The zero-order valence-electron chi connectivity index (χ0n) is 7.85. The third-order valence-electron chi connectivity index (χ3n) is 2.25. The number of ketones is 1. The molecule has 0 aromatic carbocycles. The molecule has 2 nitrogen and oxygen atoms in total. The van der Waals surface area contributed by atoms with E-state index < -0.39 is 5.92 Å². The minimum Gasteiger partial charge on any atom is -0.300 e.